The lowest BCUT2D eigenvalue weighted by atomic mass is 10.0. The van der Waals surface area contributed by atoms with Gasteiger partial charge in [0.05, 0.1) is 5.52 Å². The van der Waals surface area contributed by atoms with Gasteiger partial charge < -0.3 is 0 Å². The summed E-state index contributed by atoms with van der Waals surface area (Å²) < 4.78 is 1.86. The summed E-state index contributed by atoms with van der Waals surface area (Å²) in [5.74, 6) is 0. The molecule has 0 N–H and O–H groups in total. The molecule has 0 aliphatic rings. The first kappa shape index (κ1) is 10.6. The van der Waals surface area contributed by atoms with Crippen LogP contribution in [0.25, 0.3) is 27.1 Å². The second kappa shape index (κ2) is 3.35. The predicted octanol–water partition coefficient (Wildman–Crippen LogP) is 3.66. The van der Waals surface area contributed by atoms with Crippen molar-refractivity contribution in [2.75, 3.05) is 0 Å². The van der Waals surface area contributed by atoms with Gasteiger partial charge >= 0.3 is 0 Å². The third-order valence-electron chi connectivity index (χ3n) is 4.19. The standard InChI is InChI=1S/C17H13NO/c1-10-11(2)18-16-12(10)8-5-9-14(16)13-6-3-4-7-15(13)17(18)19/h3-9H,1-2H3. The zero-order valence-corrected chi connectivity index (χ0v) is 10.9. The predicted molar refractivity (Wildman–Crippen MR) is 79.3 cm³/mol. The number of aryl methyl sites for hydroxylation is 2. The Hall–Kier alpha value is -2.35. The van der Waals surface area contributed by atoms with Crippen LogP contribution in [0, 0.1) is 13.8 Å². The van der Waals surface area contributed by atoms with E-state index in [-0.39, 0.29) is 5.56 Å². The summed E-state index contributed by atoms with van der Waals surface area (Å²) in [5.41, 5.74) is 3.38. The molecule has 4 rings (SSSR count). The van der Waals surface area contributed by atoms with Crippen LogP contribution in [-0.2, 0) is 0 Å². The molecule has 0 unspecified atom stereocenters. The molecular weight excluding hydrogens is 234 g/mol. The molecule has 0 amide bonds. The second-order valence-corrected chi connectivity index (χ2v) is 5.10. The minimum absolute atomic E-state index is 0.0879. The van der Waals surface area contributed by atoms with E-state index in [1.165, 1.54) is 10.9 Å². The summed E-state index contributed by atoms with van der Waals surface area (Å²) in [6.07, 6.45) is 0. The average molecular weight is 247 g/mol. The maximum absolute atomic E-state index is 12.7. The Morgan fingerprint density at radius 1 is 0.789 bits per heavy atom. The van der Waals surface area contributed by atoms with Gasteiger partial charge in [-0.1, -0.05) is 36.4 Å². The number of aromatic nitrogens is 1. The van der Waals surface area contributed by atoms with Crippen LogP contribution in [0.15, 0.2) is 47.3 Å². The second-order valence-electron chi connectivity index (χ2n) is 5.10. The van der Waals surface area contributed by atoms with Crippen LogP contribution < -0.4 is 5.56 Å². The number of rotatable bonds is 0. The number of hydrogen-bond acceptors (Lipinski definition) is 1. The summed E-state index contributed by atoms with van der Waals surface area (Å²) in [4.78, 5) is 12.7. The van der Waals surface area contributed by atoms with Crippen LogP contribution >= 0.6 is 0 Å². The first-order valence-electron chi connectivity index (χ1n) is 6.45. The number of hydrogen-bond donors (Lipinski definition) is 0. The quantitative estimate of drug-likeness (QED) is 0.434. The van der Waals surface area contributed by atoms with Gasteiger partial charge in [0.2, 0.25) is 0 Å². The third kappa shape index (κ3) is 1.14. The minimum Gasteiger partial charge on any atom is -0.280 e. The average Bonchev–Trinajstić information content (AvgIpc) is 2.70. The van der Waals surface area contributed by atoms with Gasteiger partial charge in [0.25, 0.3) is 5.56 Å². The molecule has 0 bridgehead atoms. The molecule has 19 heavy (non-hydrogen) atoms. The smallest absolute Gasteiger partial charge is 0.263 e. The number of nitrogens with zero attached hydrogens (tertiary/aromatic N) is 1. The van der Waals surface area contributed by atoms with Gasteiger partial charge in [-0.15, -0.1) is 0 Å². The number of fused-ring (bicyclic) bond motifs is 2. The minimum atomic E-state index is 0.0879. The fourth-order valence-corrected chi connectivity index (χ4v) is 3.11. The van der Waals surface area contributed by atoms with E-state index in [1.54, 1.807) is 0 Å². The fraction of sp³-hybridized carbons (Fsp3) is 0.118. The molecule has 2 aromatic heterocycles. The van der Waals surface area contributed by atoms with Crippen molar-refractivity contribution in [3.63, 3.8) is 0 Å². The van der Waals surface area contributed by atoms with Crippen molar-refractivity contribution >= 4 is 27.1 Å². The summed E-state index contributed by atoms with van der Waals surface area (Å²) in [6, 6.07) is 14.1. The summed E-state index contributed by atoms with van der Waals surface area (Å²) >= 11 is 0. The van der Waals surface area contributed by atoms with Crippen molar-refractivity contribution in [1.82, 2.24) is 4.40 Å². The van der Waals surface area contributed by atoms with E-state index in [1.807, 2.05) is 35.6 Å². The molecule has 0 fully saturated rings. The van der Waals surface area contributed by atoms with Crippen molar-refractivity contribution < 1.29 is 0 Å². The van der Waals surface area contributed by atoms with Crippen LogP contribution in [-0.4, -0.2) is 4.40 Å². The first-order chi connectivity index (χ1) is 9.20. The van der Waals surface area contributed by atoms with E-state index in [4.69, 9.17) is 0 Å². The maximum Gasteiger partial charge on any atom is 0.263 e. The van der Waals surface area contributed by atoms with Crippen molar-refractivity contribution in [1.29, 1.82) is 0 Å². The highest BCUT2D eigenvalue weighted by atomic mass is 16.1. The van der Waals surface area contributed by atoms with Gasteiger partial charge in [0.15, 0.2) is 0 Å². The van der Waals surface area contributed by atoms with Gasteiger partial charge in [-0.3, -0.25) is 9.20 Å². The fourth-order valence-electron chi connectivity index (χ4n) is 3.11. The van der Waals surface area contributed by atoms with E-state index in [0.29, 0.717) is 0 Å². The largest absolute Gasteiger partial charge is 0.280 e. The highest BCUT2D eigenvalue weighted by Gasteiger charge is 2.16. The molecule has 2 heterocycles. The van der Waals surface area contributed by atoms with Crippen molar-refractivity contribution in [3.8, 4) is 0 Å². The Kier molecular flexibility index (Phi) is 1.86. The van der Waals surface area contributed by atoms with Crippen molar-refractivity contribution in [2.24, 2.45) is 0 Å². The van der Waals surface area contributed by atoms with Gasteiger partial charge in [-0.05, 0) is 30.9 Å². The lowest BCUT2D eigenvalue weighted by Crippen LogP contribution is -2.14. The molecular formula is C17H13NO. The third-order valence-corrected chi connectivity index (χ3v) is 4.19. The molecule has 0 aliphatic heterocycles. The normalized spacial score (nSPS) is 11.9. The monoisotopic (exact) mass is 247 g/mol. The van der Waals surface area contributed by atoms with Gasteiger partial charge in [-0.25, -0.2) is 0 Å². The van der Waals surface area contributed by atoms with Gasteiger partial charge in [0, 0.05) is 21.9 Å². The highest BCUT2D eigenvalue weighted by Crippen LogP contribution is 2.31. The van der Waals surface area contributed by atoms with E-state index in [9.17, 15) is 4.79 Å². The van der Waals surface area contributed by atoms with Crippen molar-refractivity contribution in [3.05, 3.63) is 64.1 Å². The Bertz CT molecular complexity index is 995. The number of para-hydroxylation sites is 1. The lowest BCUT2D eigenvalue weighted by Gasteiger charge is -2.06. The molecule has 92 valence electrons. The van der Waals surface area contributed by atoms with Crippen LogP contribution in [0.2, 0.25) is 0 Å². The van der Waals surface area contributed by atoms with E-state index in [2.05, 4.69) is 25.1 Å². The zero-order valence-electron chi connectivity index (χ0n) is 10.9. The van der Waals surface area contributed by atoms with Crippen LogP contribution in [0.1, 0.15) is 11.3 Å². The molecule has 0 saturated heterocycles. The molecule has 2 nitrogen and oxygen atoms in total. The van der Waals surface area contributed by atoms with Crippen molar-refractivity contribution in [2.45, 2.75) is 13.8 Å². The molecule has 2 heteroatoms. The summed E-state index contributed by atoms with van der Waals surface area (Å²) in [6.45, 7) is 4.10. The molecule has 0 saturated carbocycles. The molecule has 4 aromatic rings. The summed E-state index contributed by atoms with van der Waals surface area (Å²) in [7, 11) is 0. The first-order valence-corrected chi connectivity index (χ1v) is 6.45. The van der Waals surface area contributed by atoms with E-state index >= 15 is 0 Å². The Labute approximate surface area is 110 Å². The number of benzene rings is 2. The Morgan fingerprint density at radius 3 is 2.21 bits per heavy atom. The zero-order chi connectivity index (χ0) is 13.1. The van der Waals surface area contributed by atoms with E-state index < -0.39 is 0 Å². The molecule has 0 aliphatic carbocycles. The molecule has 0 spiro atoms. The molecule has 0 atom stereocenters. The topological polar surface area (TPSA) is 21.5 Å². The summed E-state index contributed by atoms with van der Waals surface area (Å²) in [5, 5.41) is 4.17. The number of pyridine rings is 1. The maximum atomic E-state index is 12.7. The SMILES string of the molecule is Cc1c(C)n2c(=O)c3ccccc3c3cccc1c32. The highest BCUT2D eigenvalue weighted by molar-refractivity contribution is 6.12. The van der Waals surface area contributed by atoms with Crippen LogP contribution in [0.4, 0.5) is 0 Å². The molecule has 2 aromatic carbocycles. The molecule has 0 radical (unpaired) electrons. The van der Waals surface area contributed by atoms with Gasteiger partial charge in [-0.2, -0.15) is 0 Å². The van der Waals surface area contributed by atoms with E-state index in [0.717, 1.165) is 27.4 Å². The lowest BCUT2D eigenvalue weighted by molar-refractivity contribution is 1.06. The Balaban J connectivity index is 2.54. The van der Waals surface area contributed by atoms with Crippen LogP contribution in [0.5, 0.6) is 0 Å². The van der Waals surface area contributed by atoms with Crippen LogP contribution in [0.3, 0.4) is 0 Å². The Morgan fingerprint density at radius 2 is 1.42 bits per heavy atom. The van der Waals surface area contributed by atoms with Gasteiger partial charge in [0.1, 0.15) is 0 Å².